The largest absolute Gasteiger partial charge is 0.493 e. The van der Waals surface area contributed by atoms with Crippen molar-refractivity contribution in [3.05, 3.63) is 29.8 Å². The molecule has 2 heterocycles. The van der Waals surface area contributed by atoms with E-state index >= 15 is 0 Å². The van der Waals surface area contributed by atoms with E-state index in [2.05, 4.69) is 16.0 Å². The fraction of sp³-hybridized carbons (Fsp3) is 0.710. The number of likely N-dealkylation sites (tertiary alicyclic amines) is 1. The zero-order valence-electron chi connectivity index (χ0n) is 23.4. The van der Waals surface area contributed by atoms with Crippen LogP contribution in [0.1, 0.15) is 76.3 Å². The van der Waals surface area contributed by atoms with Crippen LogP contribution in [0.15, 0.2) is 24.3 Å². The fourth-order valence-corrected chi connectivity index (χ4v) is 8.01. The molecule has 3 amide bonds. The monoisotopic (exact) mass is 536 g/mol. The number of benzene rings is 1. The number of fused-ring (bicyclic) bond motifs is 4. The van der Waals surface area contributed by atoms with Gasteiger partial charge in [0.1, 0.15) is 17.8 Å². The number of hydrogen-bond donors (Lipinski definition) is 3. The molecule has 0 radical (unpaired) electrons. The number of para-hydroxylation sites is 1. The molecule has 0 bridgehead atoms. The van der Waals surface area contributed by atoms with Crippen molar-refractivity contribution < 1.29 is 19.1 Å². The zero-order valence-corrected chi connectivity index (χ0v) is 23.4. The highest BCUT2D eigenvalue weighted by Crippen LogP contribution is 2.61. The molecule has 4 fully saturated rings. The van der Waals surface area contributed by atoms with E-state index in [4.69, 9.17) is 4.74 Å². The average molecular weight is 537 g/mol. The Morgan fingerprint density at radius 1 is 0.974 bits per heavy atom. The van der Waals surface area contributed by atoms with Gasteiger partial charge in [0.25, 0.3) is 0 Å². The second-order valence-corrected chi connectivity index (χ2v) is 12.7. The van der Waals surface area contributed by atoms with E-state index in [-0.39, 0.29) is 35.7 Å². The number of hydrogen-bond acceptors (Lipinski definition) is 5. The number of nitrogens with zero attached hydrogens (tertiary/aromatic N) is 1. The molecule has 3 aliphatic carbocycles. The first-order chi connectivity index (χ1) is 18.9. The summed E-state index contributed by atoms with van der Waals surface area (Å²) in [5, 5.41) is 9.44. The summed E-state index contributed by atoms with van der Waals surface area (Å²) >= 11 is 0. The van der Waals surface area contributed by atoms with Gasteiger partial charge in [0.2, 0.25) is 17.7 Å². The molecule has 0 aromatic heterocycles. The Hall–Kier alpha value is -2.61. The van der Waals surface area contributed by atoms with Crippen molar-refractivity contribution in [1.82, 2.24) is 20.9 Å². The first kappa shape index (κ1) is 26.6. The average Bonchev–Trinajstić information content (AvgIpc) is 3.65. The lowest BCUT2D eigenvalue weighted by molar-refractivity contribution is -0.149. The minimum absolute atomic E-state index is 0.0647. The third-order valence-corrected chi connectivity index (χ3v) is 10.4. The van der Waals surface area contributed by atoms with Gasteiger partial charge in [-0.15, -0.1) is 0 Å². The molecule has 212 valence electrons. The smallest absolute Gasteiger partial charge is 0.246 e. The molecule has 1 saturated heterocycles. The van der Waals surface area contributed by atoms with Crippen LogP contribution in [-0.4, -0.2) is 60.9 Å². The van der Waals surface area contributed by atoms with Gasteiger partial charge >= 0.3 is 0 Å². The fourth-order valence-electron chi connectivity index (χ4n) is 8.01. The number of rotatable bonds is 7. The molecule has 1 aromatic carbocycles. The Morgan fingerprint density at radius 3 is 2.54 bits per heavy atom. The van der Waals surface area contributed by atoms with E-state index in [9.17, 15) is 14.4 Å². The van der Waals surface area contributed by atoms with E-state index in [1.165, 1.54) is 12.8 Å². The van der Waals surface area contributed by atoms with Crippen molar-refractivity contribution in [2.75, 3.05) is 20.2 Å². The number of carbonyl (C=O) groups excluding carboxylic acids is 3. The van der Waals surface area contributed by atoms with Crippen molar-refractivity contribution >= 4 is 17.7 Å². The molecule has 3 N–H and O–H groups in total. The number of likely N-dealkylation sites (N-methyl/N-ethyl adjacent to an activating group) is 1. The van der Waals surface area contributed by atoms with E-state index in [0.717, 1.165) is 61.7 Å². The second-order valence-electron chi connectivity index (χ2n) is 12.7. The molecule has 3 unspecified atom stereocenters. The number of ether oxygens (including phenoxy) is 1. The summed E-state index contributed by atoms with van der Waals surface area (Å²) in [4.78, 5) is 43.3. The molecular formula is C31H44N4O4. The van der Waals surface area contributed by atoms with Crippen LogP contribution in [0.3, 0.4) is 0 Å². The SMILES string of the molecule is CN[C@@H](C)C(=O)N[C@H](C(=O)N1C[C@H]2CC3CC3C2C[C@H]1C(=O)N[C@@H]1CCOc2ccccc21)C1CCCCC1. The number of nitrogens with one attached hydrogen (secondary N) is 3. The summed E-state index contributed by atoms with van der Waals surface area (Å²) in [6.07, 6.45) is 9.08. The Balaban J connectivity index is 1.25. The molecule has 5 aliphatic rings. The van der Waals surface area contributed by atoms with Gasteiger partial charge in [0.15, 0.2) is 0 Å². The predicted octanol–water partition coefficient (Wildman–Crippen LogP) is 3.17. The lowest BCUT2D eigenvalue weighted by atomic mass is 9.79. The summed E-state index contributed by atoms with van der Waals surface area (Å²) in [6.45, 7) is 3.00. The van der Waals surface area contributed by atoms with Crippen molar-refractivity contribution in [3.8, 4) is 5.75 Å². The number of amides is 3. The summed E-state index contributed by atoms with van der Waals surface area (Å²) in [6, 6.07) is 6.29. The topological polar surface area (TPSA) is 99.8 Å². The minimum Gasteiger partial charge on any atom is -0.493 e. The Morgan fingerprint density at radius 2 is 1.74 bits per heavy atom. The molecule has 39 heavy (non-hydrogen) atoms. The first-order valence-corrected chi connectivity index (χ1v) is 15.2. The van der Waals surface area contributed by atoms with E-state index in [0.29, 0.717) is 31.4 Å². The molecule has 3 saturated carbocycles. The summed E-state index contributed by atoms with van der Waals surface area (Å²) < 4.78 is 5.82. The van der Waals surface area contributed by atoms with Gasteiger partial charge < -0.3 is 25.6 Å². The van der Waals surface area contributed by atoms with Crippen LogP contribution in [0.4, 0.5) is 0 Å². The number of carbonyl (C=O) groups is 3. The molecule has 8 heteroatoms. The minimum atomic E-state index is -0.583. The van der Waals surface area contributed by atoms with Crippen LogP contribution >= 0.6 is 0 Å². The van der Waals surface area contributed by atoms with Gasteiger partial charge in [-0.3, -0.25) is 14.4 Å². The third kappa shape index (κ3) is 5.29. The van der Waals surface area contributed by atoms with Crippen LogP contribution < -0.4 is 20.7 Å². The highest BCUT2D eigenvalue weighted by Gasteiger charge is 2.57. The van der Waals surface area contributed by atoms with Crippen LogP contribution in [0.5, 0.6) is 5.75 Å². The van der Waals surface area contributed by atoms with Crippen LogP contribution in [0, 0.1) is 29.6 Å². The standard InChI is InChI=1S/C31H44N4O4/c1-18(32-2)29(36)34-28(19-8-4-3-5-9-19)31(38)35-17-21-14-20-15-23(20)24(21)16-26(35)30(37)33-25-12-13-39-27-11-7-6-10-22(25)27/h6-7,10-11,18-21,23-26,28,32H,3-5,8-9,12-17H2,1-2H3,(H,33,37)(H,34,36)/t18-,20?,21+,23?,24?,25+,26-,28-/m0/s1. The Bertz CT molecular complexity index is 1090. The Labute approximate surface area is 232 Å². The van der Waals surface area contributed by atoms with Gasteiger partial charge in [0, 0.05) is 18.5 Å². The van der Waals surface area contributed by atoms with E-state index in [1.807, 2.05) is 36.1 Å². The maximum absolute atomic E-state index is 14.4. The highest BCUT2D eigenvalue weighted by atomic mass is 16.5. The molecule has 0 spiro atoms. The van der Waals surface area contributed by atoms with Gasteiger partial charge in [-0.05, 0) is 81.7 Å². The molecule has 8 nitrogen and oxygen atoms in total. The molecule has 8 atom stereocenters. The third-order valence-electron chi connectivity index (χ3n) is 10.4. The molecule has 1 aromatic rings. The maximum Gasteiger partial charge on any atom is 0.246 e. The molecule has 2 aliphatic heterocycles. The van der Waals surface area contributed by atoms with Crippen LogP contribution in [-0.2, 0) is 14.4 Å². The quantitative estimate of drug-likeness (QED) is 0.497. The Kier molecular flexibility index (Phi) is 7.58. The predicted molar refractivity (Wildman–Crippen MR) is 148 cm³/mol. The lowest BCUT2D eigenvalue weighted by Gasteiger charge is -2.45. The second kappa shape index (κ2) is 11.1. The summed E-state index contributed by atoms with van der Waals surface area (Å²) in [5.41, 5.74) is 1.00. The molecule has 6 rings (SSSR count). The van der Waals surface area contributed by atoms with E-state index in [1.54, 1.807) is 7.05 Å². The first-order valence-electron chi connectivity index (χ1n) is 15.2. The van der Waals surface area contributed by atoms with Crippen LogP contribution in [0.25, 0.3) is 0 Å². The van der Waals surface area contributed by atoms with Crippen molar-refractivity contribution in [3.63, 3.8) is 0 Å². The van der Waals surface area contributed by atoms with Gasteiger partial charge in [0.05, 0.1) is 18.7 Å². The van der Waals surface area contributed by atoms with Gasteiger partial charge in [-0.1, -0.05) is 37.5 Å². The summed E-state index contributed by atoms with van der Waals surface area (Å²) in [7, 11) is 1.76. The van der Waals surface area contributed by atoms with Gasteiger partial charge in [-0.2, -0.15) is 0 Å². The highest BCUT2D eigenvalue weighted by molar-refractivity contribution is 5.93. The number of piperidine rings is 1. The normalized spacial score (nSPS) is 33.0. The molecular weight excluding hydrogens is 492 g/mol. The lowest BCUT2D eigenvalue weighted by Crippen LogP contribution is -2.62. The zero-order chi connectivity index (χ0) is 27.1. The summed E-state index contributed by atoms with van der Waals surface area (Å²) in [5.74, 6) is 3.12. The van der Waals surface area contributed by atoms with E-state index < -0.39 is 12.1 Å². The van der Waals surface area contributed by atoms with Crippen molar-refractivity contribution in [2.24, 2.45) is 29.6 Å². The van der Waals surface area contributed by atoms with Crippen LogP contribution in [0.2, 0.25) is 0 Å². The maximum atomic E-state index is 14.4. The van der Waals surface area contributed by atoms with Crippen molar-refractivity contribution in [2.45, 2.75) is 88.9 Å². The van der Waals surface area contributed by atoms with Crippen molar-refractivity contribution in [1.29, 1.82) is 0 Å². The van der Waals surface area contributed by atoms with Gasteiger partial charge in [-0.25, -0.2) is 0 Å².